The van der Waals surface area contributed by atoms with E-state index in [0.29, 0.717) is 30.5 Å². The second kappa shape index (κ2) is 15.8. The van der Waals surface area contributed by atoms with Crippen molar-refractivity contribution in [3.63, 3.8) is 0 Å². The quantitative estimate of drug-likeness (QED) is 0.103. The zero-order chi connectivity index (χ0) is 29.9. The predicted octanol–water partition coefficient (Wildman–Crippen LogP) is 5.92. The van der Waals surface area contributed by atoms with Crippen LogP contribution in [0.3, 0.4) is 0 Å². The van der Waals surface area contributed by atoms with Crippen LogP contribution in [0.1, 0.15) is 45.0 Å². The van der Waals surface area contributed by atoms with Crippen molar-refractivity contribution >= 4 is 68.0 Å². The maximum Gasteiger partial charge on any atom is 0.273 e. The number of ketones is 1. The lowest BCUT2D eigenvalue weighted by molar-refractivity contribution is 0.0747. The van der Waals surface area contributed by atoms with Crippen LogP contribution in [0.25, 0.3) is 10.1 Å². The van der Waals surface area contributed by atoms with Crippen LogP contribution in [-0.2, 0) is 11.3 Å². The summed E-state index contributed by atoms with van der Waals surface area (Å²) in [5.41, 5.74) is 6.97. The third kappa shape index (κ3) is 9.37. The van der Waals surface area contributed by atoms with Crippen molar-refractivity contribution in [1.82, 2.24) is 20.2 Å². The van der Waals surface area contributed by atoms with Gasteiger partial charge in [0.05, 0.1) is 4.88 Å². The molecule has 4 aromatic rings. The minimum absolute atomic E-state index is 0.00000388. The zero-order valence-electron chi connectivity index (χ0n) is 23.4. The summed E-state index contributed by atoms with van der Waals surface area (Å²) in [5, 5.41) is 7.71. The highest BCUT2D eigenvalue weighted by molar-refractivity contribution is 7.20. The van der Waals surface area contributed by atoms with Crippen molar-refractivity contribution in [2.45, 2.75) is 25.8 Å². The van der Waals surface area contributed by atoms with E-state index in [1.807, 2.05) is 49.5 Å². The van der Waals surface area contributed by atoms with Crippen LogP contribution in [0.15, 0.2) is 54.6 Å². The maximum atomic E-state index is 12.6. The molecular weight excluding hydrogens is 595 g/mol. The molecule has 2 aromatic heterocycles. The molecule has 2 heterocycles. The van der Waals surface area contributed by atoms with Crippen LogP contribution < -0.4 is 16.4 Å². The minimum Gasteiger partial charge on any atom is -0.382 e. The summed E-state index contributed by atoms with van der Waals surface area (Å²) in [6.45, 7) is 3.28. The predicted molar refractivity (Wildman–Crippen MR) is 171 cm³/mol. The van der Waals surface area contributed by atoms with Crippen LogP contribution in [0.5, 0.6) is 0 Å². The average Bonchev–Trinajstić information content (AvgIpc) is 3.42. The number of amides is 1. The van der Waals surface area contributed by atoms with Gasteiger partial charge in [0, 0.05) is 36.0 Å². The van der Waals surface area contributed by atoms with Crippen molar-refractivity contribution < 1.29 is 14.3 Å². The Morgan fingerprint density at radius 1 is 1.02 bits per heavy atom. The van der Waals surface area contributed by atoms with Crippen LogP contribution in [0.4, 0.5) is 11.6 Å². The number of fused-ring (bicyclic) bond motifs is 1. The topological polar surface area (TPSA) is 122 Å². The molecule has 0 aliphatic rings. The Bertz CT molecular complexity index is 1470. The molecule has 0 unspecified atom stereocenters. The van der Waals surface area contributed by atoms with Crippen molar-refractivity contribution in [3.05, 3.63) is 80.9 Å². The molecule has 4 rings (SSSR count). The standard InChI is InChI=1S/C30H34Cl2N6O3S/c1-38(15-6-16-41-19-23(39)25-17-21-7-2-3-8-24(21)42-25)14-5-4-13-34-30(40)26-28(33)37-29(27(32)36-26)35-18-20-9-11-22(31)12-10-20/h2-3,7-12,17H,4-6,13-16,18-19H2,1H3,(H,34,40)(H3,33,35,37). The summed E-state index contributed by atoms with van der Waals surface area (Å²) in [6.07, 6.45) is 2.52. The second-order valence-corrected chi connectivity index (χ2v) is 11.7. The van der Waals surface area contributed by atoms with Crippen molar-refractivity contribution in [3.8, 4) is 0 Å². The number of Topliss-reactive ketones (excluding diaryl/α,β-unsaturated/α-hetero) is 1. The summed E-state index contributed by atoms with van der Waals surface area (Å²) in [5.74, 6) is -0.0925. The molecule has 0 aliphatic heterocycles. The Morgan fingerprint density at radius 3 is 2.57 bits per heavy atom. The van der Waals surface area contributed by atoms with E-state index in [4.69, 9.17) is 33.7 Å². The number of benzene rings is 2. The first-order valence-electron chi connectivity index (χ1n) is 13.7. The molecule has 0 saturated heterocycles. The van der Waals surface area contributed by atoms with E-state index in [2.05, 4.69) is 25.5 Å². The highest BCUT2D eigenvalue weighted by Gasteiger charge is 2.17. The number of nitrogens with zero attached hydrogens (tertiary/aromatic N) is 3. The number of hydrogen-bond donors (Lipinski definition) is 3. The Hall–Kier alpha value is -3.28. The van der Waals surface area contributed by atoms with E-state index >= 15 is 0 Å². The van der Waals surface area contributed by atoms with Gasteiger partial charge in [-0.1, -0.05) is 53.5 Å². The summed E-state index contributed by atoms with van der Waals surface area (Å²) in [7, 11) is 2.04. The van der Waals surface area contributed by atoms with Crippen molar-refractivity contribution in [1.29, 1.82) is 0 Å². The number of hydrogen-bond acceptors (Lipinski definition) is 9. The van der Waals surface area contributed by atoms with Crippen molar-refractivity contribution in [2.24, 2.45) is 0 Å². The first-order chi connectivity index (χ1) is 20.3. The Labute approximate surface area is 259 Å². The summed E-state index contributed by atoms with van der Waals surface area (Å²) >= 11 is 13.7. The van der Waals surface area contributed by atoms with Gasteiger partial charge in [-0.25, -0.2) is 9.97 Å². The molecular formula is C30H34Cl2N6O3S. The summed E-state index contributed by atoms with van der Waals surface area (Å²) < 4.78 is 6.72. The summed E-state index contributed by atoms with van der Waals surface area (Å²) in [6, 6.07) is 17.3. The lowest BCUT2D eigenvalue weighted by Crippen LogP contribution is -2.28. The molecule has 4 N–H and O–H groups in total. The minimum atomic E-state index is -0.415. The highest BCUT2D eigenvalue weighted by atomic mass is 35.5. The van der Waals surface area contributed by atoms with Gasteiger partial charge in [0.25, 0.3) is 5.91 Å². The third-order valence-electron chi connectivity index (χ3n) is 6.48. The first kappa shape index (κ1) is 31.7. The number of halogens is 2. The van der Waals surface area contributed by atoms with Crippen LogP contribution in [-0.4, -0.2) is 66.5 Å². The molecule has 0 bridgehead atoms. The molecule has 0 radical (unpaired) electrons. The molecule has 12 heteroatoms. The normalized spacial score (nSPS) is 11.2. The molecule has 0 saturated carbocycles. The highest BCUT2D eigenvalue weighted by Crippen LogP contribution is 2.25. The number of carbonyl (C=O) groups is 2. The Balaban J connectivity index is 1.07. The fourth-order valence-electron chi connectivity index (χ4n) is 4.19. The smallest absolute Gasteiger partial charge is 0.273 e. The number of rotatable bonds is 16. The number of nitrogens with one attached hydrogen (secondary N) is 2. The second-order valence-electron chi connectivity index (χ2n) is 9.82. The lowest BCUT2D eigenvalue weighted by Gasteiger charge is -2.16. The fourth-order valence-corrected chi connectivity index (χ4v) is 5.50. The molecule has 0 fully saturated rings. The first-order valence-corrected chi connectivity index (χ1v) is 15.2. The van der Waals surface area contributed by atoms with Crippen LogP contribution in [0, 0.1) is 0 Å². The van der Waals surface area contributed by atoms with Gasteiger partial charge >= 0.3 is 0 Å². The molecule has 0 spiro atoms. The van der Waals surface area contributed by atoms with Gasteiger partial charge < -0.3 is 26.0 Å². The van der Waals surface area contributed by atoms with Crippen molar-refractivity contribution in [2.75, 3.05) is 50.9 Å². The van der Waals surface area contributed by atoms with E-state index in [1.165, 1.54) is 11.3 Å². The molecule has 42 heavy (non-hydrogen) atoms. The number of anilines is 2. The van der Waals surface area contributed by atoms with Gasteiger partial charge in [-0.05, 0) is 68.1 Å². The molecule has 0 atom stereocenters. The van der Waals surface area contributed by atoms with Gasteiger partial charge in [-0.3, -0.25) is 9.59 Å². The van der Waals surface area contributed by atoms with Gasteiger partial charge in [0.2, 0.25) is 0 Å². The third-order valence-corrected chi connectivity index (χ3v) is 8.16. The largest absolute Gasteiger partial charge is 0.382 e. The monoisotopic (exact) mass is 628 g/mol. The fraction of sp³-hybridized carbons (Fsp3) is 0.333. The van der Waals surface area contributed by atoms with E-state index in [9.17, 15) is 9.59 Å². The SMILES string of the molecule is CN(CCCCNC(=O)c1nc(Cl)c(NCc2ccc(Cl)cc2)nc1N)CCCOCC(=O)c1cc2ccccc2s1. The number of carbonyl (C=O) groups excluding carboxylic acids is 2. The van der Waals surface area contributed by atoms with E-state index < -0.39 is 5.91 Å². The molecule has 1 amide bonds. The number of unbranched alkanes of at least 4 members (excludes halogenated alkanes) is 1. The van der Waals surface area contributed by atoms with E-state index in [1.54, 1.807) is 12.1 Å². The maximum absolute atomic E-state index is 12.6. The number of ether oxygens (including phenoxy) is 1. The number of nitrogens with two attached hydrogens (primary N) is 1. The van der Waals surface area contributed by atoms with Gasteiger partial charge in [0.1, 0.15) is 6.61 Å². The molecule has 0 aliphatic carbocycles. The van der Waals surface area contributed by atoms with E-state index in [0.717, 1.165) is 52.9 Å². The Kier molecular flexibility index (Phi) is 11.9. The lowest BCUT2D eigenvalue weighted by atomic mass is 10.2. The average molecular weight is 630 g/mol. The van der Waals surface area contributed by atoms with Crippen LogP contribution in [0.2, 0.25) is 10.2 Å². The Morgan fingerprint density at radius 2 is 1.79 bits per heavy atom. The van der Waals surface area contributed by atoms with Gasteiger partial charge in [-0.2, -0.15) is 0 Å². The van der Waals surface area contributed by atoms with Gasteiger partial charge in [-0.15, -0.1) is 11.3 Å². The number of thiophene rings is 1. The molecule has 2 aromatic carbocycles. The molecule has 222 valence electrons. The van der Waals surface area contributed by atoms with E-state index in [-0.39, 0.29) is 29.1 Å². The number of nitrogen functional groups attached to an aromatic ring is 1. The van der Waals surface area contributed by atoms with Gasteiger partial charge in [0.15, 0.2) is 28.3 Å². The number of aromatic nitrogens is 2. The molecule has 9 nitrogen and oxygen atoms in total. The summed E-state index contributed by atoms with van der Waals surface area (Å²) in [4.78, 5) is 36.3. The zero-order valence-corrected chi connectivity index (χ0v) is 25.7. The van der Waals surface area contributed by atoms with Crippen LogP contribution >= 0.6 is 34.5 Å².